The largest absolute Gasteiger partial charge is 0.497 e. The number of aromatic nitrogens is 2. The number of hydrogen-bond donors (Lipinski definition) is 0. The molecule has 0 unspecified atom stereocenters. The summed E-state index contributed by atoms with van der Waals surface area (Å²) in [6.45, 7) is 3.09. The smallest absolute Gasteiger partial charge is 0.244 e. The van der Waals surface area contributed by atoms with Crippen LogP contribution < -0.4 is 19.3 Å². The maximum Gasteiger partial charge on any atom is 0.244 e. The van der Waals surface area contributed by atoms with Crippen LogP contribution >= 0.6 is 0 Å². The lowest BCUT2D eigenvalue weighted by atomic mass is 10.1. The summed E-state index contributed by atoms with van der Waals surface area (Å²) in [5.41, 5.74) is 3.08. The van der Waals surface area contributed by atoms with Crippen LogP contribution in [0.3, 0.4) is 0 Å². The lowest BCUT2D eigenvalue weighted by Gasteiger charge is -2.36. The summed E-state index contributed by atoms with van der Waals surface area (Å²) in [6.07, 6.45) is 1.94. The number of anilines is 2. The molecule has 0 atom stereocenters. The van der Waals surface area contributed by atoms with E-state index in [0.29, 0.717) is 13.1 Å². The summed E-state index contributed by atoms with van der Waals surface area (Å²) in [4.78, 5) is 19.2. The minimum absolute atomic E-state index is 0.0729. The number of carbonyl (C=O) groups excluding carboxylic acids is 1. The first-order valence-electron chi connectivity index (χ1n) is 11.0. The lowest BCUT2D eigenvalue weighted by Crippen LogP contribution is -2.49. The van der Waals surface area contributed by atoms with Crippen molar-refractivity contribution >= 4 is 17.4 Å². The zero-order chi connectivity index (χ0) is 23.4. The van der Waals surface area contributed by atoms with E-state index in [9.17, 15) is 4.79 Å². The number of piperazine rings is 1. The molecule has 174 valence electrons. The Kier molecular flexibility index (Phi) is 6.72. The predicted octanol–water partition coefficient (Wildman–Crippen LogP) is 2.98. The van der Waals surface area contributed by atoms with E-state index in [-0.39, 0.29) is 12.5 Å². The van der Waals surface area contributed by atoms with E-state index in [4.69, 9.17) is 9.47 Å². The molecule has 0 spiro atoms. The topological polar surface area (TPSA) is 63.1 Å². The Balaban J connectivity index is 1.43. The van der Waals surface area contributed by atoms with E-state index in [1.165, 1.54) is 0 Å². The Hall–Kier alpha value is -3.68. The first-order chi connectivity index (χ1) is 16.0. The third kappa shape index (κ3) is 4.89. The van der Waals surface area contributed by atoms with Crippen molar-refractivity contribution in [2.45, 2.75) is 6.54 Å². The molecule has 0 bridgehead atoms. The third-order valence-corrected chi connectivity index (χ3v) is 5.92. The van der Waals surface area contributed by atoms with Crippen molar-refractivity contribution in [2.75, 3.05) is 64.3 Å². The van der Waals surface area contributed by atoms with Gasteiger partial charge in [-0.15, -0.1) is 0 Å². The third-order valence-electron chi connectivity index (χ3n) is 5.92. The van der Waals surface area contributed by atoms with Crippen molar-refractivity contribution in [1.82, 2.24) is 14.7 Å². The Bertz CT molecular complexity index is 1090. The SMILES string of the molecule is COc1ccc(-c2cn(CC(=O)N3CCN(c4ccccc4OC)CC3)nc2N(C)C)cc1. The molecule has 8 heteroatoms. The number of hydrogen-bond acceptors (Lipinski definition) is 6. The number of carbonyl (C=O) groups is 1. The van der Waals surface area contributed by atoms with Crippen LogP contribution in [0.2, 0.25) is 0 Å². The molecule has 4 rings (SSSR count). The number of amides is 1. The second-order valence-electron chi connectivity index (χ2n) is 8.23. The molecule has 2 aromatic carbocycles. The van der Waals surface area contributed by atoms with Crippen LogP contribution in [0.5, 0.6) is 11.5 Å². The molecule has 0 radical (unpaired) electrons. The first-order valence-corrected chi connectivity index (χ1v) is 11.0. The van der Waals surface area contributed by atoms with Gasteiger partial charge in [-0.2, -0.15) is 5.10 Å². The molecule has 3 aromatic rings. The summed E-state index contributed by atoms with van der Waals surface area (Å²) in [5, 5.41) is 4.69. The zero-order valence-electron chi connectivity index (χ0n) is 19.7. The minimum atomic E-state index is 0.0729. The highest BCUT2D eigenvalue weighted by molar-refractivity contribution is 5.78. The van der Waals surface area contributed by atoms with Gasteiger partial charge in [-0.3, -0.25) is 9.48 Å². The Morgan fingerprint density at radius 3 is 2.30 bits per heavy atom. The Morgan fingerprint density at radius 2 is 1.67 bits per heavy atom. The second kappa shape index (κ2) is 9.85. The molecule has 0 aliphatic carbocycles. The molecular formula is C25H31N5O3. The molecular weight excluding hydrogens is 418 g/mol. The summed E-state index contributed by atoms with van der Waals surface area (Å²) in [7, 11) is 7.25. The van der Waals surface area contributed by atoms with Crippen LogP contribution in [0, 0.1) is 0 Å². The van der Waals surface area contributed by atoms with Crippen LogP contribution in [0.1, 0.15) is 0 Å². The van der Waals surface area contributed by atoms with Gasteiger partial charge in [-0.25, -0.2) is 0 Å². The summed E-state index contributed by atoms with van der Waals surface area (Å²) >= 11 is 0. The fourth-order valence-corrected chi connectivity index (χ4v) is 4.12. The molecule has 8 nitrogen and oxygen atoms in total. The standard InChI is InChI=1S/C25H31N5O3/c1-27(2)25-21(19-9-11-20(32-3)12-10-19)17-30(26-25)18-24(31)29-15-13-28(14-16-29)22-7-5-6-8-23(22)33-4/h5-12,17H,13-16,18H2,1-4H3. The molecule has 1 amide bonds. The highest BCUT2D eigenvalue weighted by Gasteiger charge is 2.24. The Morgan fingerprint density at radius 1 is 0.970 bits per heavy atom. The van der Waals surface area contributed by atoms with Crippen molar-refractivity contribution in [3.8, 4) is 22.6 Å². The summed E-state index contributed by atoms with van der Waals surface area (Å²) in [5.74, 6) is 2.56. The van der Waals surface area contributed by atoms with Gasteiger partial charge in [0.15, 0.2) is 5.82 Å². The van der Waals surface area contributed by atoms with Crippen molar-refractivity contribution in [3.63, 3.8) is 0 Å². The van der Waals surface area contributed by atoms with Crippen LogP contribution in [0.15, 0.2) is 54.7 Å². The normalized spacial score (nSPS) is 13.7. The van der Waals surface area contributed by atoms with Crippen LogP contribution in [0.4, 0.5) is 11.5 Å². The maximum atomic E-state index is 13.0. The molecule has 1 saturated heterocycles. The van der Waals surface area contributed by atoms with Gasteiger partial charge in [0, 0.05) is 52.0 Å². The highest BCUT2D eigenvalue weighted by atomic mass is 16.5. The van der Waals surface area contributed by atoms with Crippen molar-refractivity contribution in [1.29, 1.82) is 0 Å². The van der Waals surface area contributed by atoms with Crippen LogP contribution in [-0.2, 0) is 11.3 Å². The molecule has 1 fully saturated rings. The van der Waals surface area contributed by atoms with E-state index >= 15 is 0 Å². The van der Waals surface area contributed by atoms with Gasteiger partial charge < -0.3 is 24.2 Å². The average molecular weight is 450 g/mol. The molecule has 33 heavy (non-hydrogen) atoms. The average Bonchev–Trinajstić information content (AvgIpc) is 3.28. The van der Waals surface area contributed by atoms with Gasteiger partial charge in [-0.1, -0.05) is 24.3 Å². The summed E-state index contributed by atoms with van der Waals surface area (Å²) < 4.78 is 12.5. The highest BCUT2D eigenvalue weighted by Crippen LogP contribution is 2.31. The number of rotatable bonds is 7. The van der Waals surface area contributed by atoms with Gasteiger partial charge in [0.05, 0.1) is 19.9 Å². The number of nitrogens with zero attached hydrogens (tertiary/aromatic N) is 5. The quantitative estimate of drug-likeness (QED) is 0.553. The fourth-order valence-electron chi connectivity index (χ4n) is 4.12. The fraction of sp³-hybridized carbons (Fsp3) is 0.360. The van der Waals surface area contributed by atoms with E-state index in [1.807, 2.05) is 72.6 Å². The molecule has 1 aliphatic rings. The van der Waals surface area contributed by atoms with Crippen LogP contribution in [0.25, 0.3) is 11.1 Å². The van der Waals surface area contributed by atoms with Crippen molar-refractivity contribution in [3.05, 3.63) is 54.7 Å². The molecule has 1 aliphatic heterocycles. The van der Waals surface area contributed by atoms with Crippen molar-refractivity contribution in [2.24, 2.45) is 0 Å². The Labute approximate surface area is 194 Å². The van der Waals surface area contributed by atoms with Gasteiger partial charge in [0.2, 0.25) is 5.91 Å². The number of para-hydroxylation sites is 2. The summed E-state index contributed by atoms with van der Waals surface area (Å²) in [6, 6.07) is 15.9. The van der Waals surface area contributed by atoms with Crippen molar-refractivity contribution < 1.29 is 14.3 Å². The minimum Gasteiger partial charge on any atom is -0.497 e. The van der Waals surface area contributed by atoms with Gasteiger partial charge in [0.25, 0.3) is 0 Å². The predicted molar refractivity (Wildman–Crippen MR) is 130 cm³/mol. The monoisotopic (exact) mass is 449 g/mol. The van der Waals surface area contributed by atoms with E-state index in [2.05, 4.69) is 16.1 Å². The first kappa shape index (κ1) is 22.5. The number of ether oxygens (including phenoxy) is 2. The molecule has 1 aromatic heterocycles. The van der Waals surface area contributed by atoms with Gasteiger partial charge in [0.1, 0.15) is 18.0 Å². The van der Waals surface area contributed by atoms with E-state index < -0.39 is 0 Å². The lowest BCUT2D eigenvalue weighted by molar-refractivity contribution is -0.132. The van der Waals surface area contributed by atoms with Gasteiger partial charge >= 0.3 is 0 Å². The maximum absolute atomic E-state index is 13.0. The van der Waals surface area contributed by atoms with E-state index in [1.54, 1.807) is 18.9 Å². The van der Waals surface area contributed by atoms with Gasteiger partial charge in [-0.05, 0) is 29.8 Å². The molecule has 2 heterocycles. The van der Waals surface area contributed by atoms with E-state index in [0.717, 1.165) is 47.2 Å². The van der Waals surface area contributed by atoms with Crippen LogP contribution in [-0.4, -0.2) is 75.1 Å². The number of benzene rings is 2. The molecule has 0 N–H and O–H groups in total. The molecule has 0 saturated carbocycles. The second-order valence-corrected chi connectivity index (χ2v) is 8.23. The number of methoxy groups -OCH3 is 2. The zero-order valence-corrected chi connectivity index (χ0v) is 19.7.